The largest absolute Gasteiger partial charge is 0.483 e. The Morgan fingerprint density at radius 1 is 1.09 bits per heavy atom. The second kappa shape index (κ2) is 11.0. The molecule has 2 N–H and O–H groups in total. The van der Waals surface area contributed by atoms with Crippen molar-refractivity contribution < 1.29 is 14.3 Å². The second-order valence-electron chi connectivity index (χ2n) is 7.49. The molecule has 32 heavy (non-hydrogen) atoms. The van der Waals surface area contributed by atoms with Gasteiger partial charge in [-0.15, -0.1) is 0 Å². The van der Waals surface area contributed by atoms with Crippen LogP contribution in [0.15, 0.2) is 36.4 Å². The lowest BCUT2D eigenvalue weighted by molar-refractivity contribution is -0.121. The minimum atomic E-state index is -0.433. The van der Waals surface area contributed by atoms with Crippen molar-refractivity contribution in [3.05, 3.63) is 57.6 Å². The predicted octanol–water partition coefficient (Wildman–Crippen LogP) is 3.58. The first-order valence-electron chi connectivity index (χ1n) is 10.00. The van der Waals surface area contributed by atoms with E-state index in [0.717, 1.165) is 18.7 Å². The van der Waals surface area contributed by atoms with E-state index in [0.29, 0.717) is 40.1 Å². The normalized spacial score (nSPS) is 14.1. The Morgan fingerprint density at radius 2 is 1.81 bits per heavy atom. The number of aryl methyl sites for hydroxylation is 1. The number of anilines is 1. The highest BCUT2D eigenvalue weighted by atomic mass is 35.5. The lowest BCUT2D eigenvalue weighted by Gasteiger charge is -2.32. The molecular weight excluding hydrogens is 471 g/mol. The molecule has 0 spiro atoms. The highest BCUT2D eigenvalue weighted by Gasteiger charge is 2.21. The second-order valence-corrected chi connectivity index (χ2v) is 8.74. The van der Waals surface area contributed by atoms with Gasteiger partial charge in [0, 0.05) is 36.8 Å². The molecule has 1 heterocycles. The van der Waals surface area contributed by atoms with Gasteiger partial charge in [0.1, 0.15) is 5.75 Å². The third kappa shape index (κ3) is 6.56. The van der Waals surface area contributed by atoms with Crippen LogP contribution in [0.25, 0.3) is 0 Å². The van der Waals surface area contributed by atoms with Gasteiger partial charge in [-0.2, -0.15) is 0 Å². The summed E-state index contributed by atoms with van der Waals surface area (Å²) in [5.41, 5.74) is 1.75. The Labute approximate surface area is 202 Å². The van der Waals surface area contributed by atoms with Crippen molar-refractivity contribution in [1.82, 2.24) is 15.1 Å². The predicted molar refractivity (Wildman–Crippen MR) is 131 cm³/mol. The van der Waals surface area contributed by atoms with E-state index in [1.807, 2.05) is 18.9 Å². The maximum Gasteiger partial charge on any atom is 0.264 e. The molecule has 3 rings (SSSR count). The van der Waals surface area contributed by atoms with Gasteiger partial charge in [-0.3, -0.25) is 14.9 Å². The van der Waals surface area contributed by atoms with Crippen LogP contribution in [-0.2, 0) is 4.79 Å². The Kier molecular flexibility index (Phi) is 8.31. The van der Waals surface area contributed by atoms with E-state index in [4.69, 9.17) is 40.2 Å². The Morgan fingerprint density at radius 3 is 2.50 bits per heavy atom. The number of nitrogens with one attached hydrogen (secondary N) is 2. The van der Waals surface area contributed by atoms with Gasteiger partial charge in [0.15, 0.2) is 11.7 Å². The summed E-state index contributed by atoms with van der Waals surface area (Å²) in [6.45, 7) is 4.62. The van der Waals surface area contributed by atoms with E-state index < -0.39 is 5.91 Å². The number of likely N-dealkylation sites (N-methyl/N-ethyl adjacent to an activating group) is 1. The first kappa shape index (κ1) is 24.3. The molecule has 2 amide bonds. The first-order valence-corrected chi connectivity index (χ1v) is 11.2. The third-order valence-electron chi connectivity index (χ3n) is 5.00. The maximum atomic E-state index is 12.8. The summed E-state index contributed by atoms with van der Waals surface area (Å²) in [5.74, 6) is 0.0544. The molecule has 1 aliphatic rings. The standard InChI is InChI=1S/C22H24Cl2N4O3S/c1-14-11-16(23)4-6-19(14)31-13-20(29)26-22(32)25-18-12-15(3-5-17(18)24)21(30)28-9-7-27(2)8-10-28/h3-6,11-12H,7-10,13H2,1-2H3,(H2,25,26,29,32). The highest BCUT2D eigenvalue weighted by Crippen LogP contribution is 2.24. The van der Waals surface area contributed by atoms with Gasteiger partial charge in [-0.1, -0.05) is 23.2 Å². The van der Waals surface area contributed by atoms with E-state index in [-0.39, 0.29) is 17.6 Å². The molecule has 170 valence electrons. The molecule has 1 saturated heterocycles. The SMILES string of the molecule is Cc1cc(Cl)ccc1OCC(=O)NC(=S)Nc1cc(C(=O)N2CCN(C)CC2)ccc1Cl. The fourth-order valence-corrected chi connectivity index (χ4v) is 3.80. The molecule has 0 bridgehead atoms. The number of halogens is 2. The van der Waals surface area contributed by atoms with Crippen LogP contribution in [0.4, 0.5) is 5.69 Å². The Bertz CT molecular complexity index is 1030. The number of carbonyl (C=O) groups excluding carboxylic acids is 2. The molecule has 7 nitrogen and oxygen atoms in total. The summed E-state index contributed by atoms with van der Waals surface area (Å²) < 4.78 is 5.52. The minimum absolute atomic E-state index is 0.0533. The zero-order valence-corrected chi connectivity index (χ0v) is 20.1. The van der Waals surface area contributed by atoms with Crippen molar-refractivity contribution in [2.24, 2.45) is 0 Å². The van der Waals surface area contributed by atoms with Crippen LogP contribution in [0, 0.1) is 6.92 Å². The monoisotopic (exact) mass is 494 g/mol. The fourth-order valence-electron chi connectivity index (χ4n) is 3.18. The molecular formula is C22H24Cl2N4O3S. The molecule has 0 aromatic heterocycles. The maximum absolute atomic E-state index is 12.8. The van der Waals surface area contributed by atoms with E-state index >= 15 is 0 Å². The molecule has 0 atom stereocenters. The number of hydrogen-bond acceptors (Lipinski definition) is 5. The van der Waals surface area contributed by atoms with Crippen LogP contribution >= 0.6 is 35.4 Å². The van der Waals surface area contributed by atoms with E-state index in [1.54, 1.807) is 36.4 Å². The van der Waals surface area contributed by atoms with E-state index in [1.165, 1.54) is 0 Å². The first-order chi connectivity index (χ1) is 15.2. The highest BCUT2D eigenvalue weighted by molar-refractivity contribution is 7.80. The van der Waals surface area contributed by atoms with Crippen molar-refractivity contribution in [1.29, 1.82) is 0 Å². The average molecular weight is 495 g/mol. The molecule has 1 aliphatic heterocycles. The van der Waals surface area contributed by atoms with Crippen molar-refractivity contribution in [3.8, 4) is 5.75 Å². The summed E-state index contributed by atoms with van der Waals surface area (Å²) in [5, 5.41) is 6.45. The average Bonchev–Trinajstić information content (AvgIpc) is 2.74. The van der Waals surface area contributed by atoms with Gasteiger partial charge >= 0.3 is 0 Å². The van der Waals surface area contributed by atoms with E-state index in [9.17, 15) is 9.59 Å². The van der Waals surface area contributed by atoms with Gasteiger partial charge in [-0.05, 0) is 68.2 Å². The van der Waals surface area contributed by atoms with E-state index in [2.05, 4.69) is 15.5 Å². The lowest BCUT2D eigenvalue weighted by atomic mass is 10.1. The van der Waals surface area contributed by atoms with Gasteiger partial charge < -0.3 is 19.9 Å². The molecule has 0 saturated carbocycles. The van der Waals surface area contributed by atoms with Crippen LogP contribution in [-0.4, -0.2) is 66.6 Å². The van der Waals surface area contributed by atoms with Gasteiger partial charge in [0.2, 0.25) is 0 Å². The van der Waals surface area contributed by atoms with Crippen molar-refractivity contribution >= 4 is 58.0 Å². The number of benzene rings is 2. The Balaban J connectivity index is 1.56. The lowest BCUT2D eigenvalue weighted by Crippen LogP contribution is -2.47. The summed E-state index contributed by atoms with van der Waals surface area (Å²) in [4.78, 5) is 29.0. The molecule has 10 heteroatoms. The van der Waals surface area contributed by atoms with Crippen molar-refractivity contribution in [3.63, 3.8) is 0 Å². The molecule has 2 aromatic carbocycles. The number of piperazine rings is 1. The number of carbonyl (C=O) groups is 2. The van der Waals surface area contributed by atoms with Crippen LogP contribution in [0.5, 0.6) is 5.75 Å². The number of rotatable bonds is 5. The number of amides is 2. The quantitative estimate of drug-likeness (QED) is 0.618. The third-order valence-corrected chi connectivity index (χ3v) is 5.77. The van der Waals surface area contributed by atoms with Gasteiger partial charge in [-0.25, -0.2) is 0 Å². The topological polar surface area (TPSA) is 73.9 Å². The van der Waals surface area contributed by atoms with Crippen LogP contribution in [0.2, 0.25) is 10.0 Å². The van der Waals surface area contributed by atoms with Crippen molar-refractivity contribution in [2.75, 3.05) is 45.2 Å². The fraction of sp³-hybridized carbons (Fsp3) is 0.318. The number of hydrogen-bond donors (Lipinski definition) is 2. The smallest absolute Gasteiger partial charge is 0.264 e. The minimum Gasteiger partial charge on any atom is -0.483 e. The summed E-state index contributed by atoms with van der Waals surface area (Å²) in [6, 6.07) is 10.1. The molecule has 2 aromatic rings. The number of thiocarbonyl (C=S) groups is 1. The summed E-state index contributed by atoms with van der Waals surface area (Å²) in [6.07, 6.45) is 0. The zero-order chi connectivity index (χ0) is 23.3. The van der Waals surface area contributed by atoms with Gasteiger partial charge in [0.25, 0.3) is 11.8 Å². The summed E-state index contributed by atoms with van der Waals surface area (Å²) >= 11 is 17.4. The molecule has 0 radical (unpaired) electrons. The molecule has 0 unspecified atom stereocenters. The number of nitrogens with zero attached hydrogens (tertiary/aromatic N) is 2. The van der Waals surface area contributed by atoms with Gasteiger partial charge in [0.05, 0.1) is 10.7 Å². The zero-order valence-electron chi connectivity index (χ0n) is 17.8. The number of ether oxygens (including phenoxy) is 1. The van der Waals surface area contributed by atoms with Crippen molar-refractivity contribution in [2.45, 2.75) is 6.92 Å². The van der Waals surface area contributed by atoms with Crippen LogP contribution in [0.1, 0.15) is 15.9 Å². The molecule has 0 aliphatic carbocycles. The molecule has 1 fully saturated rings. The summed E-state index contributed by atoms with van der Waals surface area (Å²) in [7, 11) is 2.03. The Hall–Kier alpha value is -2.39. The van der Waals surface area contributed by atoms with Crippen LogP contribution < -0.4 is 15.4 Å². The van der Waals surface area contributed by atoms with Crippen LogP contribution in [0.3, 0.4) is 0 Å².